The molecule has 1 heterocycles. The van der Waals surface area contributed by atoms with E-state index in [2.05, 4.69) is 0 Å². The van der Waals surface area contributed by atoms with Gasteiger partial charge in [0.25, 0.3) is 6.08 Å². The van der Waals surface area contributed by atoms with Crippen LogP contribution in [0.5, 0.6) is 0 Å². The molecule has 0 bridgehead atoms. The highest BCUT2D eigenvalue weighted by Gasteiger charge is 2.61. The molecule has 1 aromatic carbocycles. The summed E-state index contributed by atoms with van der Waals surface area (Å²) in [6.07, 6.45) is 1.31. The zero-order valence-electron chi connectivity index (χ0n) is 14.2. The highest BCUT2D eigenvalue weighted by Crippen LogP contribution is 2.60. The summed E-state index contributed by atoms with van der Waals surface area (Å²) in [4.78, 5) is 12.2. The molecular formula is C20H20F2O3. The van der Waals surface area contributed by atoms with Gasteiger partial charge in [-0.1, -0.05) is 44.2 Å². The Bertz CT molecular complexity index is 773. The zero-order valence-corrected chi connectivity index (χ0v) is 14.2. The highest BCUT2D eigenvalue weighted by atomic mass is 19.3. The van der Waals surface area contributed by atoms with Gasteiger partial charge in [-0.3, -0.25) is 4.79 Å². The van der Waals surface area contributed by atoms with Crippen molar-refractivity contribution in [2.45, 2.75) is 26.9 Å². The van der Waals surface area contributed by atoms with Crippen LogP contribution in [0.25, 0.3) is 0 Å². The number of hydrogen-bond acceptors (Lipinski definition) is 3. The Kier molecular flexibility index (Phi) is 4.75. The van der Waals surface area contributed by atoms with Gasteiger partial charge in [0, 0.05) is 17.9 Å². The summed E-state index contributed by atoms with van der Waals surface area (Å²) in [5.41, 5.74) is 1.39. The van der Waals surface area contributed by atoms with Crippen LogP contribution in [0.2, 0.25) is 0 Å². The van der Waals surface area contributed by atoms with Gasteiger partial charge >= 0.3 is 5.97 Å². The second kappa shape index (κ2) is 6.82. The molecule has 0 saturated heterocycles. The minimum atomic E-state index is -1.76. The maximum Gasteiger partial charge on any atom is 0.310 e. The minimum absolute atomic E-state index is 0.0816. The lowest BCUT2D eigenvalue weighted by molar-refractivity contribution is -0.147. The first-order valence-corrected chi connectivity index (χ1v) is 8.17. The predicted molar refractivity (Wildman–Crippen MR) is 88.8 cm³/mol. The molecule has 0 aliphatic heterocycles. The summed E-state index contributed by atoms with van der Waals surface area (Å²) in [6.45, 7) is 3.66. The van der Waals surface area contributed by atoms with Crippen LogP contribution in [0.1, 0.15) is 30.7 Å². The van der Waals surface area contributed by atoms with Gasteiger partial charge in [0.05, 0.1) is 12.2 Å². The number of allylic oxidation sites excluding steroid dienone is 1. The van der Waals surface area contributed by atoms with E-state index >= 15 is 0 Å². The van der Waals surface area contributed by atoms with E-state index in [1.165, 1.54) is 0 Å². The number of rotatable bonds is 6. The van der Waals surface area contributed by atoms with E-state index in [0.717, 1.165) is 23.0 Å². The van der Waals surface area contributed by atoms with Crippen LogP contribution in [0.3, 0.4) is 0 Å². The van der Waals surface area contributed by atoms with Crippen LogP contribution in [0.4, 0.5) is 8.78 Å². The maximum atomic E-state index is 12.4. The molecule has 3 rings (SSSR count). The Morgan fingerprint density at radius 1 is 1.24 bits per heavy atom. The molecule has 5 heteroatoms. The monoisotopic (exact) mass is 346 g/mol. The molecule has 1 aliphatic rings. The van der Waals surface area contributed by atoms with Crippen molar-refractivity contribution in [3.63, 3.8) is 0 Å². The van der Waals surface area contributed by atoms with Crippen molar-refractivity contribution in [3.8, 4) is 0 Å². The van der Waals surface area contributed by atoms with Crippen molar-refractivity contribution in [2.24, 2.45) is 17.3 Å². The first-order chi connectivity index (χ1) is 11.9. The number of furan rings is 1. The number of carbonyl (C=O) groups excluding carboxylic acids is 1. The fourth-order valence-electron chi connectivity index (χ4n) is 3.21. The summed E-state index contributed by atoms with van der Waals surface area (Å²) in [5.74, 6) is -0.657. The molecule has 132 valence electrons. The third-order valence-electron chi connectivity index (χ3n) is 4.78. The summed E-state index contributed by atoms with van der Waals surface area (Å²) in [5, 5.41) is 0. The van der Waals surface area contributed by atoms with E-state index in [-0.39, 0.29) is 6.61 Å². The summed E-state index contributed by atoms with van der Waals surface area (Å²) >= 11 is 0. The zero-order chi connectivity index (χ0) is 18.0. The highest BCUT2D eigenvalue weighted by molar-refractivity contribution is 5.78. The van der Waals surface area contributed by atoms with Crippen LogP contribution in [-0.2, 0) is 22.6 Å². The molecule has 25 heavy (non-hydrogen) atoms. The standard InChI is InChI=1S/C20H20F2O3/c1-20(2)16(10-17(21)22)18(20)19(23)25-12-14-9-15(24-11-14)8-13-6-4-3-5-7-13/h3-7,9-11,16,18H,8,12H2,1-2H3. The molecule has 0 spiro atoms. The van der Waals surface area contributed by atoms with Crippen LogP contribution in [-0.4, -0.2) is 5.97 Å². The van der Waals surface area contributed by atoms with Gasteiger partial charge in [-0.25, -0.2) is 0 Å². The number of hydrogen-bond donors (Lipinski definition) is 0. The molecule has 1 aliphatic carbocycles. The summed E-state index contributed by atoms with van der Waals surface area (Å²) < 4.78 is 35.7. The van der Waals surface area contributed by atoms with Gasteiger partial charge in [-0.2, -0.15) is 8.78 Å². The van der Waals surface area contributed by atoms with Gasteiger partial charge in [0.1, 0.15) is 12.4 Å². The van der Waals surface area contributed by atoms with Crippen LogP contribution < -0.4 is 0 Å². The number of halogens is 2. The van der Waals surface area contributed by atoms with E-state index in [4.69, 9.17) is 9.15 Å². The topological polar surface area (TPSA) is 39.4 Å². The molecule has 2 atom stereocenters. The lowest BCUT2D eigenvalue weighted by Gasteiger charge is -2.03. The van der Waals surface area contributed by atoms with Crippen molar-refractivity contribution in [3.05, 3.63) is 71.7 Å². The van der Waals surface area contributed by atoms with Gasteiger partial charge < -0.3 is 9.15 Å². The smallest absolute Gasteiger partial charge is 0.310 e. The predicted octanol–water partition coefficient (Wildman–Crippen LogP) is 4.97. The van der Waals surface area contributed by atoms with Crippen molar-refractivity contribution in [1.29, 1.82) is 0 Å². The molecule has 2 unspecified atom stereocenters. The van der Waals surface area contributed by atoms with E-state index in [1.807, 2.05) is 36.4 Å². The lowest BCUT2D eigenvalue weighted by atomic mass is 10.1. The average Bonchev–Trinajstić information content (AvgIpc) is 2.90. The second-order valence-corrected chi connectivity index (χ2v) is 6.97. The summed E-state index contributed by atoms with van der Waals surface area (Å²) in [7, 11) is 0. The fraction of sp³-hybridized carbons (Fsp3) is 0.350. The molecule has 0 radical (unpaired) electrons. The van der Waals surface area contributed by atoms with Crippen LogP contribution in [0, 0.1) is 17.3 Å². The SMILES string of the molecule is CC1(C)C(C=C(F)F)C1C(=O)OCc1coc(Cc2ccccc2)c1. The normalized spacial score (nSPS) is 20.8. The molecule has 0 amide bonds. The van der Waals surface area contributed by atoms with E-state index in [0.29, 0.717) is 6.42 Å². The average molecular weight is 346 g/mol. The third-order valence-corrected chi connectivity index (χ3v) is 4.78. The molecule has 1 saturated carbocycles. The number of ether oxygens (including phenoxy) is 1. The molecular weight excluding hydrogens is 326 g/mol. The van der Waals surface area contributed by atoms with Crippen LogP contribution in [0.15, 0.2) is 59.2 Å². The Hall–Kier alpha value is -2.43. The Balaban J connectivity index is 1.54. The van der Waals surface area contributed by atoms with E-state index in [1.54, 1.807) is 20.1 Å². The molecule has 3 nitrogen and oxygen atoms in total. The summed E-state index contributed by atoms with van der Waals surface area (Å²) in [6, 6.07) is 11.7. The molecule has 2 aromatic rings. The first-order valence-electron chi connectivity index (χ1n) is 8.17. The van der Waals surface area contributed by atoms with Crippen LogP contribution >= 0.6 is 0 Å². The van der Waals surface area contributed by atoms with Crippen molar-refractivity contribution in [2.75, 3.05) is 0 Å². The van der Waals surface area contributed by atoms with Crippen molar-refractivity contribution in [1.82, 2.24) is 0 Å². The van der Waals surface area contributed by atoms with Crippen molar-refractivity contribution >= 4 is 5.97 Å². The first kappa shape index (κ1) is 17.4. The number of esters is 1. The van der Waals surface area contributed by atoms with Gasteiger partial charge in [0.2, 0.25) is 0 Å². The maximum absolute atomic E-state index is 12.4. The Labute approximate surface area is 145 Å². The molecule has 0 N–H and O–H groups in total. The second-order valence-electron chi connectivity index (χ2n) is 6.97. The van der Waals surface area contributed by atoms with Gasteiger partial charge in [0.15, 0.2) is 0 Å². The van der Waals surface area contributed by atoms with E-state index in [9.17, 15) is 13.6 Å². The minimum Gasteiger partial charge on any atom is -0.469 e. The molecule has 1 aromatic heterocycles. The Morgan fingerprint density at radius 3 is 2.64 bits per heavy atom. The largest absolute Gasteiger partial charge is 0.469 e. The van der Waals surface area contributed by atoms with Gasteiger partial charge in [-0.15, -0.1) is 0 Å². The Morgan fingerprint density at radius 2 is 1.96 bits per heavy atom. The lowest BCUT2D eigenvalue weighted by Crippen LogP contribution is -2.10. The van der Waals surface area contributed by atoms with E-state index < -0.39 is 29.3 Å². The fourth-order valence-corrected chi connectivity index (χ4v) is 3.21. The number of carbonyl (C=O) groups is 1. The molecule has 1 fully saturated rings. The van der Waals surface area contributed by atoms with Gasteiger partial charge in [-0.05, 0) is 23.1 Å². The number of benzene rings is 1. The quantitative estimate of drug-likeness (QED) is 0.694. The third kappa shape index (κ3) is 3.98. The van der Waals surface area contributed by atoms with Crippen molar-refractivity contribution < 1.29 is 22.7 Å².